The molecule has 0 saturated heterocycles. The van der Waals surface area contributed by atoms with E-state index < -0.39 is 0 Å². The standard InChI is InChI=1S/C21H26N4OS/c1-4-5-6-7-8-9-12-25-14-23-18-17-16(24(2)3)11-10-15(13-22)19(17)27-20(18)21(25)26/h10-11,14H,4-9,12H2,1-3H3. The van der Waals surface area contributed by atoms with Gasteiger partial charge in [-0.3, -0.25) is 9.36 Å². The number of fused-ring (bicyclic) bond motifs is 3. The minimum atomic E-state index is 0.00311. The van der Waals surface area contributed by atoms with E-state index in [1.54, 1.807) is 10.9 Å². The molecule has 0 saturated carbocycles. The maximum Gasteiger partial charge on any atom is 0.271 e. The maximum absolute atomic E-state index is 13.0. The monoisotopic (exact) mass is 382 g/mol. The van der Waals surface area contributed by atoms with Crippen molar-refractivity contribution in [1.29, 1.82) is 5.26 Å². The van der Waals surface area contributed by atoms with Crippen molar-refractivity contribution in [2.45, 2.75) is 52.0 Å². The molecule has 3 aromatic rings. The van der Waals surface area contributed by atoms with Gasteiger partial charge >= 0.3 is 0 Å². The Morgan fingerprint density at radius 1 is 1.15 bits per heavy atom. The molecule has 0 radical (unpaired) electrons. The molecule has 2 heterocycles. The minimum absolute atomic E-state index is 0.00311. The van der Waals surface area contributed by atoms with Gasteiger partial charge in [0.2, 0.25) is 0 Å². The number of unbranched alkanes of at least 4 members (excludes halogenated alkanes) is 5. The van der Waals surface area contributed by atoms with Crippen LogP contribution in [0.5, 0.6) is 0 Å². The lowest BCUT2D eigenvalue weighted by molar-refractivity contribution is 0.548. The van der Waals surface area contributed by atoms with Gasteiger partial charge in [0.15, 0.2) is 0 Å². The number of aromatic nitrogens is 2. The molecule has 1 aromatic carbocycles. The van der Waals surface area contributed by atoms with Gasteiger partial charge in [0, 0.05) is 31.7 Å². The number of nitrogens with zero attached hydrogens (tertiary/aromatic N) is 4. The predicted octanol–water partition coefficient (Wildman–Crippen LogP) is 4.91. The van der Waals surface area contributed by atoms with E-state index in [0.29, 0.717) is 22.3 Å². The number of nitriles is 1. The van der Waals surface area contributed by atoms with E-state index in [1.807, 2.05) is 31.1 Å². The van der Waals surface area contributed by atoms with Crippen LogP contribution in [0.1, 0.15) is 51.0 Å². The van der Waals surface area contributed by atoms with E-state index in [4.69, 9.17) is 0 Å². The van der Waals surface area contributed by atoms with Crippen molar-refractivity contribution in [3.8, 4) is 6.07 Å². The molecule has 5 nitrogen and oxygen atoms in total. The Hall–Kier alpha value is -2.39. The number of anilines is 1. The molecule has 0 unspecified atom stereocenters. The molecule has 2 aromatic heterocycles. The summed E-state index contributed by atoms with van der Waals surface area (Å²) in [6.45, 7) is 2.92. The van der Waals surface area contributed by atoms with Crippen LogP contribution >= 0.6 is 11.3 Å². The first-order valence-corrected chi connectivity index (χ1v) is 10.4. The lowest BCUT2D eigenvalue weighted by Gasteiger charge is -2.14. The van der Waals surface area contributed by atoms with Gasteiger partial charge in [-0.1, -0.05) is 39.0 Å². The summed E-state index contributed by atoms with van der Waals surface area (Å²) in [6, 6.07) is 5.99. The summed E-state index contributed by atoms with van der Waals surface area (Å²) < 4.78 is 3.21. The normalized spacial score (nSPS) is 11.2. The molecule has 0 aliphatic rings. The van der Waals surface area contributed by atoms with Crippen molar-refractivity contribution >= 4 is 37.3 Å². The third kappa shape index (κ3) is 3.84. The average molecular weight is 383 g/mol. The highest BCUT2D eigenvalue weighted by Gasteiger charge is 2.18. The Balaban J connectivity index is 1.97. The Bertz CT molecular complexity index is 1040. The molecule has 3 rings (SSSR count). The molecule has 142 valence electrons. The zero-order valence-electron chi connectivity index (χ0n) is 16.3. The minimum Gasteiger partial charge on any atom is -0.377 e. The molecule has 6 heteroatoms. The largest absolute Gasteiger partial charge is 0.377 e. The van der Waals surface area contributed by atoms with E-state index >= 15 is 0 Å². The van der Waals surface area contributed by atoms with Gasteiger partial charge < -0.3 is 4.90 Å². The summed E-state index contributed by atoms with van der Waals surface area (Å²) >= 11 is 1.39. The van der Waals surface area contributed by atoms with E-state index in [1.165, 1.54) is 37.0 Å². The third-order valence-corrected chi connectivity index (χ3v) is 6.13. The second kappa shape index (κ2) is 8.53. The smallest absolute Gasteiger partial charge is 0.271 e. The Morgan fingerprint density at radius 2 is 1.89 bits per heavy atom. The summed E-state index contributed by atoms with van der Waals surface area (Å²) in [4.78, 5) is 19.6. The lowest BCUT2D eigenvalue weighted by atomic mass is 10.1. The first kappa shape index (κ1) is 19.4. The second-order valence-electron chi connectivity index (χ2n) is 7.13. The second-order valence-corrected chi connectivity index (χ2v) is 8.15. The van der Waals surface area contributed by atoms with Gasteiger partial charge in [-0.2, -0.15) is 5.26 Å². The molecule has 0 aliphatic heterocycles. The van der Waals surface area contributed by atoms with Crippen molar-refractivity contribution < 1.29 is 0 Å². The fourth-order valence-corrected chi connectivity index (χ4v) is 4.62. The molecule has 0 atom stereocenters. The molecular formula is C21H26N4OS. The van der Waals surface area contributed by atoms with Gasteiger partial charge in [0.05, 0.1) is 22.1 Å². The van der Waals surface area contributed by atoms with Gasteiger partial charge in [-0.25, -0.2) is 4.98 Å². The van der Waals surface area contributed by atoms with Gasteiger partial charge in [-0.15, -0.1) is 11.3 Å². The Labute approximate surface area is 163 Å². The molecule has 0 spiro atoms. The number of hydrogen-bond donors (Lipinski definition) is 0. The summed E-state index contributed by atoms with van der Waals surface area (Å²) in [5, 5.41) is 10.4. The highest BCUT2D eigenvalue weighted by Crippen LogP contribution is 2.38. The van der Waals surface area contributed by atoms with Crippen molar-refractivity contribution in [2.24, 2.45) is 0 Å². The number of thiophene rings is 1. The quantitative estimate of drug-likeness (QED) is 0.519. The number of aryl methyl sites for hydroxylation is 1. The third-order valence-electron chi connectivity index (χ3n) is 4.93. The fraction of sp³-hybridized carbons (Fsp3) is 0.476. The Kier molecular flexibility index (Phi) is 6.12. The first-order valence-electron chi connectivity index (χ1n) is 9.60. The van der Waals surface area contributed by atoms with Crippen LogP contribution in [0, 0.1) is 11.3 Å². The van der Waals surface area contributed by atoms with Crippen LogP contribution in [0.4, 0.5) is 5.69 Å². The maximum atomic E-state index is 13.0. The molecule has 27 heavy (non-hydrogen) atoms. The van der Waals surface area contributed by atoms with Crippen LogP contribution in [0.3, 0.4) is 0 Å². The number of benzene rings is 1. The van der Waals surface area contributed by atoms with Crippen LogP contribution < -0.4 is 10.5 Å². The van der Waals surface area contributed by atoms with Crippen molar-refractivity contribution in [1.82, 2.24) is 9.55 Å². The molecule has 0 N–H and O–H groups in total. The van der Waals surface area contributed by atoms with E-state index in [2.05, 4.69) is 18.0 Å². The topological polar surface area (TPSA) is 61.9 Å². The highest BCUT2D eigenvalue weighted by molar-refractivity contribution is 7.26. The van der Waals surface area contributed by atoms with Crippen LogP contribution in [0.25, 0.3) is 20.3 Å². The van der Waals surface area contributed by atoms with Gasteiger partial charge in [0.25, 0.3) is 5.56 Å². The first-order chi connectivity index (χ1) is 13.1. The predicted molar refractivity (Wildman–Crippen MR) is 114 cm³/mol. The van der Waals surface area contributed by atoms with Crippen LogP contribution in [0.15, 0.2) is 23.3 Å². The van der Waals surface area contributed by atoms with E-state index in [0.717, 1.165) is 28.6 Å². The van der Waals surface area contributed by atoms with Gasteiger partial charge in [-0.05, 0) is 18.6 Å². The van der Waals surface area contributed by atoms with E-state index in [9.17, 15) is 10.1 Å². The average Bonchev–Trinajstić information content (AvgIpc) is 3.05. The fourth-order valence-electron chi connectivity index (χ4n) is 3.43. The number of rotatable bonds is 8. The molecule has 0 amide bonds. The summed E-state index contributed by atoms with van der Waals surface area (Å²) in [7, 11) is 3.92. The van der Waals surface area contributed by atoms with Crippen molar-refractivity contribution in [2.75, 3.05) is 19.0 Å². The van der Waals surface area contributed by atoms with Crippen molar-refractivity contribution in [3.05, 3.63) is 34.4 Å². The zero-order valence-corrected chi connectivity index (χ0v) is 17.1. The van der Waals surface area contributed by atoms with Crippen LogP contribution in [0.2, 0.25) is 0 Å². The lowest BCUT2D eigenvalue weighted by Crippen LogP contribution is -2.19. The highest BCUT2D eigenvalue weighted by atomic mass is 32.1. The van der Waals surface area contributed by atoms with E-state index in [-0.39, 0.29) is 5.56 Å². The van der Waals surface area contributed by atoms with Crippen molar-refractivity contribution in [3.63, 3.8) is 0 Å². The Morgan fingerprint density at radius 3 is 2.59 bits per heavy atom. The molecule has 0 aliphatic carbocycles. The van der Waals surface area contributed by atoms with Crippen LogP contribution in [-0.2, 0) is 6.54 Å². The number of hydrogen-bond acceptors (Lipinski definition) is 5. The van der Waals surface area contributed by atoms with Crippen LogP contribution in [-0.4, -0.2) is 23.6 Å². The molecule has 0 bridgehead atoms. The molecule has 0 fully saturated rings. The summed E-state index contributed by atoms with van der Waals surface area (Å²) in [6.07, 6.45) is 8.81. The molecular weight excluding hydrogens is 356 g/mol. The SMILES string of the molecule is CCCCCCCCn1cnc2c(sc3c(C#N)ccc(N(C)C)c32)c1=O. The zero-order chi connectivity index (χ0) is 19.4. The summed E-state index contributed by atoms with van der Waals surface area (Å²) in [5.74, 6) is 0. The van der Waals surface area contributed by atoms with Gasteiger partial charge in [0.1, 0.15) is 10.8 Å². The summed E-state index contributed by atoms with van der Waals surface area (Å²) in [5.41, 5.74) is 2.29.